The Morgan fingerprint density at radius 3 is 3.06 bits per heavy atom. The number of likely N-dealkylation sites (N-methyl/N-ethyl adjacent to an activating group) is 1. The molecule has 1 atom stereocenters. The lowest BCUT2D eigenvalue weighted by Gasteiger charge is -2.27. The van der Waals surface area contributed by atoms with Crippen molar-refractivity contribution in [3.8, 4) is 0 Å². The van der Waals surface area contributed by atoms with Gasteiger partial charge in [-0.25, -0.2) is 0 Å². The number of piperazine rings is 1. The van der Waals surface area contributed by atoms with E-state index in [1.54, 1.807) is 24.3 Å². The predicted molar refractivity (Wildman–Crippen MR) is 65.5 cm³/mol. The first kappa shape index (κ1) is 12.5. The van der Waals surface area contributed by atoms with E-state index in [9.17, 15) is 9.59 Å². The molecule has 2 heterocycles. The van der Waals surface area contributed by atoms with Gasteiger partial charge in [-0.2, -0.15) is 0 Å². The zero-order valence-corrected chi connectivity index (χ0v) is 10.2. The molecular formula is C12H16N4O2. The van der Waals surface area contributed by atoms with Crippen molar-refractivity contribution in [2.45, 2.75) is 12.6 Å². The highest BCUT2D eigenvalue weighted by Gasteiger charge is 2.26. The zero-order chi connectivity index (χ0) is 13.0. The second kappa shape index (κ2) is 5.59. The summed E-state index contributed by atoms with van der Waals surface area (Å²) in [4.78, 5) is 28.7. The van der Waals surface area contributed by atoms with Crippen LogP contribution in [0, 0.1) is 0 Å². The lowest BCUT2D eigenvalue weighted by Crippen LogP contribution is -2.58. The lowest BCUT2D eigenvalue weighted by molar-refractivity contribution is -0.134. The van der Waals surface area contributed by atoms with Gasteiger partial charge < -0.3 is 10.2 Å². The average molecular weight is 248 g/mol. The molecule has 1 aromatic heterocycles. The zero-order valence-electron chi connectivity index (χ0n) is 10.2. The highest BCUT2D eigenvalue weighted by molar-refractivity contribution is 5.86. The van der Waals surface area contributed by atoms with E-state index < -0.39 is 0 Å². The van der Waals surface area contributed by atoms with Crippen molar-refractivity contribution in [3.63, 3.8) is 0 Å². The average Bonchev–Trinajstić information content (AvgIpc) is 2.40. The van der Waals surface area contributed by atoms with Gasteiger partial charge in [0.2, 0.25) is 11.8 Å². The van der Waals surface area contributed by atoms with Gasteiger partial charge in [-0.1, -0.05) is 6.07 Å². The van der Waals surface area contributed by atoms with Gasteiger partial charge in [-0.15, -0.1) is 0 Å². The molecule has 1 saturated heterocycles. The van der Waals surface area contributed by atoms with Gasteiger partial charge in [-0.3, -0.25) is 19.9 Å². The van der Waals surface area contributed by atoms with Gasteiger partial charge in [-0.05, 0) is 11.6 Å². The summed E-state index contributed by atoms with van der Waals surface area (Å²) in [7, 11) is 1.74. The second-order valence-corrected chi connectivity index (χ2v) is 4.29. The quantitative estimate of drug-likeness (QED) is 0.729. The maximum Gasteiger partial charge on any atom is 0.241 e. The maximum atomic E-state index is 12.1. The Hall–Kier alpha value is -1.95. The van der Waals surface area contributed by atoms with Gasteiger partial charge >= 0.3 is 0 Å². The molecule has 1 fully saturated rings. The molecular weight excluding hydrogens is 232 g/mol. The van der Waals surface area contributed by atoms with E-state index in [1.165, 1.54) is 0 Å². The molecule has 96 valence electrons. The summed E-state index contributed by atoms with van der Waals surface area (Å²) < 4.78 is 0. The van der Waals surface area contributed by atoms with Crippen LogP contribution in [0.2, 0.25) is 0 Å². The highest BCUT2D eigenvalue weighted by Crippen LogP contribution is 2.03. The minimum absolute atomic E-state index is 0.0288. The van der Waals surface area contributed by atoms with E-state index in [-0.39, 0.29) is 24.4 Å². The van der Waals surface area contributed by atoms with Crippen LogP contribution in [0.25, 0.3) is 0 Å². The number of nitrogens with zero attached hydrogens (tertiary/aromatic N) is 2. The summed E-state index contributed by atoms with van der Waals surface area (Å²) in [5.74, 6) is -0.104. The molecule has 1 aliphatic heterocycles. The first-order valence-electron chi connectivity index (χ1n) is 5.81. The van der Waals surface area contributed by atoms with Crippen molar-refractivity contribution in [3.05, 3.63) is 30.1 Å². The van der Waals surface area contributed by atoms with Crippen LogP contribution < -0.4 is 10.6 Å². The van der Waals surface area contributed by atoms with Gasteiger partial charge in [0.15, 0.2) is 0 Å². The minimum atomic E-state index is -0.343. The number of carbonyl (C=O) groups is 2. The molecule has 2 amide bonds. The van der Waals surface area contributed by atoms with Crippen LogP contribution >= 0.6 is 0 Å². The molecule has 1 unspecified atom stereocenters. The molecule has 6 nitrogen and oxygen atoms in total. The Bertz CT molecular complexity index is 425. The lowest BCUT2D eigenvalue weighted by atomic mass is 10.2. The molecule has 0 radical (unpaired) electrons. The summed E-state index contributed by atoms with van der Waals surface area (Å²) in [6.07, 6.45) is 3.43. The number of amides is 2. The Morgan fingerprint density at radius 2 is 2.44 bits per heavy atom. The number of aromatic nitrogens is 1. The third-order valence-corrected chi connectivity index (χ3v) is 2.83. The molecule has 18 heavy (non-hydrogen) atoms. The van der Waals surface area contributed by atoms with Crippen LogP contribution in [0.5, 0.6) is 0 Å². The van der Waals surface area contributed by atoms with Crippen molar-refractivity contribution in [2.24, 2.45) is 0 Å². The normalized spacial score (nSPS) is 19.2. The number of hydrogen-bond donors (Lipinski definition) is 2. The Labute approximate surface area is 105 Å². The molecule has 0 saturated carbocycles. The summed E-state index contributed by atoms with van der Waals surface area (Å²) >= 11 is 0. The Morgan fingerprint density at radius 1 is 1.61 bits per heavy atom. The largest absolute Gasteiger partial charge is 0.353 e. The second-order valence-electron chi connectivity index (χ2n) is 4.29. The first-order chi connectivity index (χ1) is 8.66. The number of nitrogens with one attached hydrogen (secondary N) is 2. The Kier molecular flexibility index (Phi) is 3.88. The molecule has 1 aromatic rings. The van der Waals surface area contributed by atoms with Crippen LogP contribution in [-0.2, 0) is 16.1 Å². The fraction of sp³-hybridized carbons (Fsp3) is 0.417. The Balaban J connectivity index is 1.91. The number of pyridine rings is 1. The SMILES string of the molecule is CN(Cc1cccnc1)C(=O)C1CNC(=O)CN1. The molecule has 0 spiro atoms. The van der Waals surface area contributed by atoms with Crippen LogP contribution in [0.15, 0.2) is 24.5 Å². The van der Waals surface area contributed by atoms with Gasteiger partial charge in [0.25, 0.3) is 0 Å². The molecule has 0 aromatic carbocycles. The molecule has 6 heteroatoms. The van der Waals surface area contributed by atoms with E-state index >= 15 is 0 Å². The number of rotatable bonds is 3. The van der Waals surface area contributed by atoms with E-state index in [0.717, 1.165) is 5.56 Å². The van der Waals surface area contributed by atoms with Crippen molar-refractivity contribution in [1.82, 2.24) is 20.5 Å². The van der Waals surface area contributed by atoms with Crippen molar-refractivity contribution in [2.75, 3.05) is 20.1 Å². The molecule has 2 N–H and O–H groups in total. The molecule has 2 rings (SSSR count). The van der Waals surface area contributed by atoms with Crippen molar-refractivity contribution < 1.29 is 9.59 Å². The third kappa shape index (κ3) is 3.04. The van der Waals surface area contributed by atoms with Crippen LogP contribution in [-0.4, -0.2) is 47.9 Å². The number of carbonyl (C=O) groups excluding carboxylic acids is 2. The molecule has 0 bridgehead atoms. The van der Waals surface area contributed by atoms with E-state index in [1.807, 2.05) is 12.1 Å². The topological polar surface area (TPSA) is 74.3 Å². The van der Waals surface area contributed by atoms with Crippen LogP contribution in [0.3, 0.4) is 0 Å². The fourth-order valence-electron chi connectivity index (χ4n) is 1.85. The van der Waals surface area contributed by atoms with E-state index in [0.29, 0.717) is 13.1 Å². The monoisotopic (exact) mass is 248 g/mol. The predicted octanol–water partition coefficient (Wildman–Crippen LogP) is -0.872. The minimum Gasteiger partial charge on any atom is -0.353 e. The summed E-state index contributed by atoms with van der Waals surface area (Å²) in [6.45, 7) is 1.05. The standard InChI is InChI=1S/C12H16N4O2/c1-16(8-9-3-2-4-13-5-9)12(18)10-6-15-11(17)7-14-10/h2-5,10,14H,6-8H2,1H3,(H,15,17). The smallest absolute Gasteiger partial charge is 0.241 e. The summed E-state index contributed by atoms with van der Waals surface area (Å²) in [5, 5.41) is 5.59. The van der Waals surface area contributed by atoms with Gasteiger partial charge in [0, 0.05) is 32.5 Å². The number of hydrogen-bond acceptors (Lipinski definition) is 4. The van der Waals surface area contributed by atoms with Crippen LogP contribution in [0.4, 0.5) is 0 Å². The van der Waals surface area contributed by atoms with Crippen molar-refractivity contribution >= 4 is 11.8 Å². The first-order valence-corrected chi connectivity index (χ1v) is 5.81. The fourth-order valence-corrected chi connectivity index (χ4v) is 1.85. The van der Waals surface area contributed by atoms with Gasteiger partial charge in [0.1, 0.15) is 6.04 Å². The van der Waals surface area contributed by atoms with Crippen molar-refractivity contribution in [1.29, 1.82) is 0 Å². The molecule has 1 aliphatic rings. The highest BCUT2D eigenvalue weighted by atomic mass is 16.2. The summed E-state index contributed by atoms with van der Waals surface area (Å²) in [5.41, 5.74) is 0.980. The summed E-state index contributed by atoms with van der Waals surface area (Å²) in [6, 6.07) is 3.42. The van der Waals surface area contributed by atoms with E-state index in [4.69, 9.17) is 0 Å². The van der Waals surface area contributed by atoms with Crippen LogP contribution in [0.1, 0.15) is 5.56 Å². The van der Waals surface area contributed by atoms with E-state index in [2.05, 4.69) is 15.6 Å². The van der Waals surface area contributed by atoms with Gasteiger partial charge in [0.05, 0.1) is 6.54 Å². The molecule has 0 aliphatic carbocycles. The maximum absolute atomic E-state index is 12.1. The third-order valence-electron chi connectivity index (χ3n) is 2.83.